The smallest absolute Gasteiger partial charge is 0.194 e. The molecule has 1 fully saturated rings. The molecule has 118 valence electrons. The fourth-order valence-corrected chi connectivity index (χ4v) is 2.48. The maximum Gasteiger partial charge on any atom is 0.194 e. The molecule has 2 aromatic rings. The van der Waals surface area contributed by atoms with Gasteiger partial charge in [-0.05, 0) is 0 Å². The first kappa shape index (κ1) is 14.6. The Labute approximate surface area is 128 Å². The molecule has 3 heterocycles. The first-order chi connectivity index (χ1) is 10.8. The zero-order chi connectivity index (χ0) is 15.4. The summed E-state index contributed by atoms with van der Waals surface area (Å²) in [4.78, 5) is 6.52. The largest absolute Gasteiger partial charge is 0.370 e. The molecule has 0 radical (unpaired) electrons. The van der Waals surface area contributed by atoms with Gasteiger partial charge in [0.15, 0.2) is 5.96 Å². The molecular formula is C14H20N6O2. The number of hydrogen-bond donors (Lipinski definition) is 1. The number of aromatic nitrogens is 3. The van der Waals surface area contributed by atoms with E-state index in [-0.39, 0.29) is 6.10 Å². The molecule has 1 aliphatic heterocycles. The molecule has 1 aliphatic rings. The SMILES string of the molecule is CN=C(NCc1ccon1)N1CCOC(c2cnn(C)c2)C1. The highest BCUT2D eigenvalue weighted by atomic mass is 16.5. The average Bonchev–Trinajstić information content (AvgIpc) is 3.20. The summed E-state index contributed by atoms with van der Waals surface area (Å²) in [5, 5.41) is 11.4. The van der Waals surface area contributed by atoms with Crippen LogP contribution in [0.4, 0.5) is 0 Å². The number of nitrogens with zero attached hydrogens (tertiary/aromatic N) is 5. The third kappa shape index (κ3) is 3.28. The van der Waals surface area contributed by atoms with Gasteiger partial charge in [-0.25, -0.2) is 0 Å². The Morgan fingerprint density at radius 1 is 1.55 bits per heavy atom. The molecule has 8 heteroatoms. The number of nitrogens with one attached hydrogen (secondary N) is 1. The van der Waals surface area contributed by atoms with Gasteiger partial charge in [0.25, 0.3) is 0 Å². The molecule has 0 bridgehead atoms. The van der Waals surface area contributed by atoms with Gasteiger partial charge in [-0.15, -0.1) is 0 Å². The minimum atomic E-state index is 0.00745. The molecule has 0 spiro atoms. The topological polar surface area (TPSA) is 80.7 Å². The number of hydrogen-bond acceptors (Lipinski definition) is 5. The van der Waals surface area contributed by atoms with Gasteiger partial charge in [-0.1, -0.05) is 5.16 Å². The van der Waals surface area contributed by atoms with Gasteiger partial charge in [0, 0.05) is 38.5 Å². The van der Waals surface area contributed by atoms with Crippen molar-refractivity contribution in [3.8, 4) is 0 Å². The van der Waals surface area contributed by atoms with Gasteiger partial charge < -0.3 is 19.5 Å². The second-order valence-corrected chi connectivity index (χ2v) is 5.14. The highest BCUT2D eigenvalue weighted by Gasteiger charge is 2.25. The van der Waals surface area contributed by atoms with Crippen molar-refractivity contribution in [3.63, 3.8) is 0 Å². The zero-order valence-electron chi connectivity index (χ0n) is 12.8. The van der Waals surface area contributed by atoms with Crippen LogP contribution in [0.25, 0.3) is 0 Å². The lowest BCUT2D eigenvalue weighted by Crippen LogP contribution is -2.47. The van der Waals surface area contributed by atoms with E-state index < -0.39 is 0 Å². The van der Waals surface area contributed by atoms with Crippen molar-refractivity contribution in [3.05, 3.63) is 36.0 Å². The van der Waals surface area contributed by atoms with E-state index in [9.17, 15) is 0 Å². The van der Waals surface area contributed by atoms with Crippen LogP contribution in [0.5, 0.6) is 0 Å². The van der Waals surface area contributed by atoms with Crippen LogP contribution < -0.4 is 5.32 Å². The minimum absolute atomic E-state index is 0.00745. The first-order valence-corrected chi connectivity index (χ1v) is 7.21. The third-order valence-electron chi connectivity index (χ3n) is 3.59. The maximum absolute atomic E-state index is 5.85. The molecule has 3 rings (SSSR count). The van der Waals surface area contributed by atoms with E-state index in [1.165, 1.54) is 0 Å². The number of morpholine rings is 1. The fraction of sp³-hybridized carbons (Fsp3) is 0.500. The predicted molar refractivity (Wildman–Crippen MR) is 80.2 cm³/mol. The number of guanidine groups is 1. The Hall–Kier alpha value is -2.35. The number of aliphatic imine (C=N–C) groups is 1. The molecule has 1 atom stereocenters. The summed E-state index contributed by atoms with van der Waals surface area (Å²) in [6, 6.07) is 1.83. The van der Waals surface area contributed by atoms with Crippen LogP contribution in [0.15, 0.2) is 34.2 Å². The second kappa shape index (κ2) is 6.61. The molecule has 0 saturated carbocycles. The normalized spacial score (nSPS) is 19.5. The lowest BCUT2D eigenvalue weighted by Gasteiger charge is -2.34. The van der Waals surface area contributed by atoms with Crippen molar-refractivity contribution in [1.82, 2.24) is 25.2 Å². The Morgan fingerprint density at radius 3 is 3.14 bits per heavy atom. The van der Waals surface area contributed by atoms with Crippen LogP contribution in [0.1, 0.15) is 17.4 Å². The summed E-state index contributed by atoms with van der Waals surface area (Å²) in [5.74, 6) is 0.834. The third-order valence-corrected chi connectivity index (χ3v) is 3.59. The van der Waals surface area contributed by atoms with E-state index in [0.29, 0.717) is 13.2 Å². The van der Waals surface area contributed by atoms with Gasteiger partial charge in [-0.3, -0.25) is 9.67 Å². The molecule has 22 heavy (non-hydrogen) atoms. The van der Waals surface area contributed by atoms with Crippen molar-refractivity contribution >= 4 is 5.96 Å². The van der Waals surface area contributed by atoms with Gasteiger partial charge in [0.2, 0.25) is 0 Å². The summed E-state index contributed by atoms with van der Waals surface area (Å²) >= 11 is 0. The number of rotatable bonds is 3. The summed E-state index contributed by atoms with van der Waals surface area (Å²) < 4.78 is 12.5. The van der Waals surface area contributed by atoms with Crippen LogP contribution >= 0.6 is 0 Å². The predicted octanol–water partition coefficient (Wildman–Crippen LogP) is 0.557. The minimum Gasteiger partial charge on any atom is -0.370 e. The molecule has 0 aromatic carbocycles. The summed E-state index contributed by atoms with van der Waals surface area (Å²) in [6.07, 6.45) is 5.40. The maximum atomic E-state index is 5.85. The average molecular weight is 304 g/mol. The Bertz CT molecular complexity index is 621. The Morgan fingerprint density at radius 2 is 2.45 bits per heavy atom. The Balaban J connectivity index is 1.62. The van der Waals surface area contributed by atoms with Gasteiger partial charge >= 0.3 is 0 Å². The van der Waals surface area contributed by atoms with E-state index >= 15 is 0 Å². The molecular weight excluding hydrogens is 284 g/mol. The van der Waals surface area contributed by atoms with Crippen molar-refractivity contribution in [2.75, 3.05) is 26.7 Å². The van der Waals surface area contributed by atoms with Gasteiger partial charge in [0.05, 0.1) is 25.9 Å². The highest BCUT2D eigenvalue weighted by molar-refractivity contribution is 5.80. The zero-order valence-corrected chi connectivity index (χ0v) is 12.8. The van der Waals surface area contributed by atoms with Crippen molar-refractivity contribution in [2.45, 2.75) is 12.6 Å². The van der Waals surface area contributed by atoms with Crippen molar-refractivity contribution < 1.29 is 9.26 Å². The lowest BCUT2D eigenvalue weighted by atomic mass is 10.1. The number of aryl methyl sites for hydroxylation is 1. The van der Waals surface area contributed by atoms with E-state index in [4.69, 9.17) is 9.26 Å². The molecule has 2 aromatic heterocycles. The molecule has 0 aliphatic carbocycles. The standard InChI is InChI=1S/C14H20N6O2/c1-15-14(16-8-12-3-5-22-18-12)20-4-6-21-13(10-20)11-7-17-19(2)9-11/h3,5,7,9,13H,4,6,8,10H2,1-2H3,(H,15,16). The van der Waals surface area contributed by atoms with E-state index in [1.54, 1.807) is 18.0 Å². The molecule has 1 saturated heterocycles. The fourth-order valence-electron chi connectivity index (χ4n) is 2.48. The molecule has 1 N–H and O–H groups in total. The Kier molecular flexibility index (Phi) is 4.38. The molecule has 0 amide bonds. The highest BCUT2D eigenvalue weighted by Crippen LogP contribution is 2.21. The van der Waals surface area contributed by atoms with E-state index in [0.717, 1.165) is 30.3 Å². The number of ether oxygens (including phenoxy) is 1. The van der Waals surface area contributed by atoms with Crippen molar-refractivity contribution in [2.24, 2.45) is 12.0 Å². The summed E-state index contributed by atoms with van der Waals surface area (Å²) in [6.45, 7) is 2.78. The van der Waals surface area contributed by atoms with E-state index in [2.05, 4.69) is 25.5 Å². The molecule has 1 unspecified atom stereocenters. The van der Waals surface area contributed by atoms with E-state index in [1.807, 2.05) is 25.5 Å². The first-order valence-electron chi connectivity index (χ1n) is 7.21. The lowest BCUT2D eigenvalue weighted by molar-refractivity contribution is -0.00806. The van der Waals surface area contributed by atoms with Crippen molar-refractivity contribution in [1.29, 1.82) is 0 Å². The summed E-state index contributed by atoms with van der Waals surface area (Å²) in [5.41, 5.74) is 1.93. The van der Waals surface area contributed by atoms with Gasteiger partial charge in [0.1, 0.15) is 18.1 Å². The van der Waals surface area contributed by atoms with Gasteiger partial charge in [-0.2, -0.15) is 5.10 Å². The van der Waals surface area contributed by atoms with Crippen LogP contribution in [0.3, 0.4) is 0 Å². The van der Waals surface area contributed by atoms with Crippen LogP contribution in [0.2, 0.25) is 0 Å². The van der Waals surface area contributed by atoms with Crippen LogP contribution in [-0.4, -0.2) is 52.5 Å². The van der Waals surface area contributed by atoms with Crippen LogP contribution in [0, 0.1) is 0 Å². The molecule has 8 nitrogen and oxygen atoms in total. The summed E-state index contributed by atoms with van der Waals surface area (Å²) in [7, 11) is 3.68. The van der Waals surface area contributed by atoms with Crippen LogP contribution in [-0.2, 0) is 18.3 Å². The quantitative estimate of drug-likeness (QED) is 0.659. The second-order valence-electron chi connectivity index (χ2n) is 5.14. The monoisotopic (exact) mass is 304 g/mol.